The molecular weight excluding hydrogens is 424 g/mol. The number of hydrogen-bond donors (Lipinski definition) is 1. The van der Waals surface area contributed by atoms with Gasteiger partial charge in [0.15, 0.2) is 11.0 Å². The van der Waals surface area contributed by atoms with Crippen LogP contribution in [0.2, 0.25) is 0 Å². The zero-order chi connectivity index (χ0) is 22.5. The highest BCUT2D eigenvalue weighted by atomic mass is 32.2. The molecule has 0 saturated heterocycles. The number of carbonyl (C=O) groups excluding carboxylic acids is 2. The Labute approximate surface area is 190 Å². The molecule has 1 aliphatic heterocycles. The van der Waals surface area contributed by atoms with Crippen LogP contribution < -0.4 is 10.2 Å². The number of aliphatic imine (C=N–C) groups is 1. The summed E-state index contributed by atoms with van der Waals surface area (Å²) in [6.07, 6.45) is 2.30. The van der Waals surface area contributed by atoms with Gasteiger partial charge in [-0.05, 0) is 37.1 Å². The summed E-state index contributed by atoms with van der Waals surface area (Å²) in [6.45, 7) is 3.67. The number of hydrogen-bond acceptors (Lipinski definition) is 6. The number of benzene rings is 2. The van der Waals surface area contributed by atoms with Crippen molar-refractivity contribution in [3.8, 4) is 0 Å². The van der Waals surface area contributed by atoms with Crippen LogP contribution in [0, 0.1) is 6.92 Å². The summed E-state index contributed by atoms with van der Waals surface area (Å²) < 4.78 is 5.02. The van der Waals surface area contributed by atoms with Crippen LogP contribution in [-0.2, 0) is 9.59 Å². The van der Waals surface area contributed by atoms with E-state index in [0.717, 1.165) is 5.56 Å². The SMILES string of the molecule is CCC(SC1=N/C(=C/c2ccccc2)C(=O)N1c1ccccc1)C(=O)Nc1cc(C)on1. The van der Waals surface area contributed by atoms with Crippen molar-refractivity contribution in [3.05, 3.63) is 83.8 Å². The molecule has 0 radical (unpaired) electrons. The summed E-state index contributed by atoms with van der Waals surface area (Å²) in [5.74, 6) is 0.512. The maximum Gasteiger partial charge on any atom is 0.283 e. The molecule has 1 aliphatic rings. The largest absolute Gasteiger partial charge is 0.360 e. The van der Waals surface area contributed by atoms with E-state index < -0.39 is 5.25 Å². The Bertz CT molecular complexity index is 1170. The molecule has 3 aromatic rings. The smallest absolute Gasteiger partial charge is 0.283 e. The van der Waals surface area contributed by atoms with Crippen LogP contribution in [0.25, 0.3) is 6.08 Å². The summed E-state index contributed by atoms with van der Waals surface area (Å²) >= 11 is 1.25. The third kappa shape index (κ3) is 4.81. The predicted octanol–water partition coefficient (Wildman–Crippen LogP) is 4.88. The molecule has 7 nitrogen and oxygen atoms in total. The second-order valence-electron chi connectivity index (χ2n) is 7.14. The van der Waals surface area contributed by atoms with E-state index in [0.29, 0.717) is 34.6 Å². The molecule has 0 spiro atoms. The number of carbonyl (C=O) groups is 2. The number of aromatic nitrogens is 1. The fourth-order valence-corrected chi connectivity index (χ4v) is 4.20. The number of amides is 2. The van der Waals surface area contributed by atoms with Crippen molar-refractivity contribution in [2.24, 2.45) is 4.99 Å². The van der Waals surface area contributed by atoms with Crippen LogP contribution in [0.4, 0.5) is 11.5 Å². The first-order chi connectivity index (χ1) is 15.5. The Hall–Kier alpha value is -3.65. The molecule has 8 heteroatoms. The van der Waals surface area contributed by atoms with Crippen molar-refractivity contribution >= 4 is 46.3 Å². The summed E-state index contributed by atoms with van der Waals surface area (Å²) in [7, 11) is 0. The Balaban J connectivity index is 1.62. The molecule has 0 bridgehead atoms. The molecule has 0 fully saturated rings. The van der Waals surface area contributed by atoms with Crippen molar-refractivity contribution in [2.75, 3.05) is 10.2 Å². The molecule has 2 heterocycles. The Kier molecular flexibility index (Phi) is 6.51. The van der Waals surface area contributed by atoms with E-state index >= 15 is 0 Å². The minimum atomic E-state index is -0.471. The van der Waals surface area contributed by atoms with Crippen LogP contribution in [-0.4, -0.2) is 27.4 Å². The molecule has 1 atom stereocenters. The molecule has 1 aromatic heterocycles. The average Bonchev–Trinajstić information content (AvgIpc) is 3.35. The summed E-state index contributed by atoms with van der Waals surface area (Å²) in [4.78, 5) is 32.3. The van der Waals surface area contributed by atoms with Crippen molar-refractivity contribution in [1.29, 1.82) is 0 Å². The third-order valence-corrected chi connectivity index (χ3v) is 6.05. The summed E-state index contributed by atoms with van der Waals surface area (Å²) in [5, 5.41) is 6.57. The molecule has 2 aromatic carbocycles. The highest BCUT2D eigenvalue weighted by Crippen LogP contribution is 2.32. The lowest BCUT2D eigenvalue weighted by atomic mass is 10.2. The molecule has 0 saturated carbocycles. The first kappa shape index (κ1) is 21.6. The minimum absolute atomic E-state index is 0.227. The second-order valence-corrected chi connectivity index (χ2v) is 8.31. The Morgan fingerprint density at radius 2 is 1.84 bits per heavy atom. The molecule has 4 rings (SSSR count). The molecule has 32 heavy (non-hydrogen) atoms. The topological polar surface area (TPSA) is 87.8 Å². The number of thioether (sulfide) groups is 1. The molecular formula is C24H22N4O3S. The number of nitrogens with one attached hydrogen (secondary N) is 1. The van der Waals surface area contributed by atoms with E-state index in [4.69, 9.17) is 4.52 Å². The highest BCUT2D eigenvalue weighted by molar-refractivity contribution is 8.15. The van der Waals surface area contributed by atoms with E-state index in [1.165, 1.54) is 11.8 Å². The van der Waals surface area contributed by atoms with Crippen molar-refractivity contribution in [3.63, 3.8) is 0 Å². The van der Waals surface area contributed by atoms with Crippen LogP contribution >= 0.6 is 11.8 Å². The fraction of sp³-hybridized carbons (Fsp3) is 0.167. The quantitative estimate of drug-likeness (QED) is 0.546. The van der Waals surface area contributed by atoms with Gasteiger partial charge in [0.1, 0.15) is 11.5 Å². The summed E-state index contributed by atoms with van der Waals surface area (Å²) in [5.41, 5.74) is 1.90. The van der Waals surface area contributed by atoms with Gasteiger partial charge in [0, 0.05) is 6.07 Å². The Morgan fingerprint density at radius 3 is 2.47 bits per heavy atom. The van der Waals surface area contributed by atoms with Gasteiger partial charge in [-0.2, -0.15) is 0 Å². The highest BCUT2D eigenvalue weighted by Gasteiger charge is 2.34. The third-order valence-electron chi connectivity index (χ3n) is 4.74. The van der Waals surface area contributed by atoms with E-state index in [1.807, 2.05) is 67.6 Å². The van der Waals surface area contributed by atoms with E-state index in [1.54, 1.807) is 24.0 Å². The van der Waals surface area contributed by atoms with Crippen molar-refractivity contribution < 1.29 is 14.1 Å². The van der Waals surface area contributed by atoms with Crippen molar-refractivity contribution in [2.45, 2.75) is 25.5 Å². The summed E-state index contributed by atoms with van der Waals surface area (Å²) in [6, 6.07) is 20.5. The average molecular weight is 447 g/mol. The Morgan fingerprint density at radius 1 is 1.16 bits per heavy atom. The van der Waals surface area contributed by atoms with Crippen LogP contribution in [0.1, 0.15) is 24.7 Å². The van der Waals surface area contributed by atoms with Gasteiger partial charge in [-0.25, -0.2) is 4.99 Å². The lowest BCUT2D eigenvalue weighted by molar-refractivity contribution is -0.116. The first-order valence-corrected chi connectivity index (χ1v) is 11.1. The molecule has 1 N–H and O–H groups in total. The maximum atomic E-state index is 13.3. The molecule has 2 amide bonds. The zero-order valence-electron chi connectivity index (χ0n) is 17.7. The van der Waals surface area contributed by atoms with Gasteiger partial charge in [0.2, 0.25) is 5.91 Å². The van der Waals surface area contributed by atoms with Crippen molar-refractivity contribution in [1.82, 2.24) is 5.16 Å². The lowest BCUT2D eigenvalue weighted by Crippen LogP contribution is -2.34. The van der Waals surface area contributed by atoms with E-state index in [9.17, 15) is 9.59 Å². The molecule has 0 aliphatic carbocycles. The minimum Gasteiger partial charge on any atom is -0.360 e. The second kappa shape index (κ2) is 9.65. The van der Waals surface area contributed by atoms with Crippen LogP contribution in [0.15, 0.2) is 81.9 Å². The van der Waals surface area contributed by atoms with E-state index in [-0.39, 0.29) is 11.8 Å². The number of para-hydroxylation sites is 1. The number of amidine groups is 1. The van der Waals surface area contributed by atoms with Gasteiger partial charge in [-0.3, -0.25) is 14.5 Å². The molecule has 162 valence electrons. The standard InChI is InChI=1S/C24H22N4O3S/c1-3-20(22(29)26-21-14-16(2)31-27-21)32-24-25-19(15-17-10-6-4-7-11-17)23(30)28(24)18-12-8-5-9-13-18/h4-15,20H,3H2,1-2H3,(H,26,27,29)/b19-15+. The van der Waals surface area contributed by atoms with Gasteiger partial charge in [0.25, 0.3) is 5.91 Å². The zero-order valence-corrected chi connectivity index (χ0v) is 18.5. The predicted molar refractivity (Wildman–Crippen MR) is 127 cm³/mol. The first-order valence-electron chi connectivity index (χ1n) is 10.2. The van der Waals surface area contributed by atoms with Gasteiger partial charge >= 0.3 is 0 Å². The van der Waals surface area contributed by atoms with Crippen LogP contribution in [0.5, 0.6) is 0 Å². The maximum absolute atomic E-state index is 13.3. The fourth-order valence-electron chi connectivity index (χ4n) is 3.17. The number of nitrogens with zero attached hydrogens (tertiary/aromatic N) is 3. The molecule has 1 unspecified atom stereocenters. The number of rotatable bonds is 6. The lowest BCUT2D eigenvalue weighted by Gasteiger charge is -2.20. The van der Waals surface area contributed by atoms with Gasteiger partial charge in [0.05, 0.1) is 10.9 Å². The van der Waals surface area contributed by atoms with Crippen LogP contribution in [0.3, 0.4) is 0 Å². The normalized spacial score (nSPS) is 15.7. The van der Waals surface area contributed by atoms with Gasteiger partial charge in [-0.15, -0.1) is 0 Å². The van der Waals surface area contributed by atoms with Gasteiger partial charge in [-0.1, -0.05) is 72.4 Å². The number of aryl methyl sites for hydroxylation is 1. The van der Waals surface area contributed by atoms with E-state index in [2.05, 4.69) is 15.5 Å². The number of anilines is 2. The van der Waals surface area contributed by atoms with Gasteiger partial charge < -0.3 is 9.84 Å². The monoisotopic (exact) mass is 446 g/mol.